The fourth-order valence-electron chi connectivity index (χ4n) is 0.940. The standard InChI is InChI=1S/C8H19NO2S2/c1-3-7-13(10,11)8-5-9-4-6-12-2/h9H,3-8H2,1-2H3. The van der Waals surface area contributed by atoms with Crippen LogP contribution in [0.3, 0.4) is 0 Å². The molecule has 80 valence electrons. The van der Waals surface area contributed by atoms with Gasteiger partial charge < -0.3 is 5.32 Å². The second kappa shape index (κ2) is 7.64. The molecule has 0 aliphatic rings. The van der Waals surface area contributed by atoms with Crippen LogP contribution < -0.4 is 5.32 Å². The van der Waals surface area contributed by atoms with E-state index in [1.165, 1.54) is 0 Å². The van der Waals surface area contributed by atoms with Crippen molar-refractivity contribution in [3.63, 3.8) is 0 Å². The normalized spacial score (nSPS) is 11.8. The molecule has 0 saturated heterocycles. The summed E-state index contributed by atoms with van der Waals surface area (Å²) in [5.74, 6) is 1.63. The van der Waals surface area contributed by atoms with Gasteiger partial charge in [0.05, 0.1) is 5.75 Å². The van der Waals surface area contributed by atoms with Crippen molar-refractivity contribution in [1.29, 1.82) is 0 Å². The molecule has 3 nitrogen and oxygen atoms in total. The highest BCUT2D eigenvalue weighted by atomic mass is 32.2. The minimum atomic E-state index is -2.79. The maximum Gasteiger partial charge on any atom is 0.151 e. The van der Waals surface area contributed by atoms with Crippen molar-refractivity contribution in [2.75, 3.05) is 36.6 Å². The highest BCUT2D eigenvalue weighted by molar-refractivity contribution is 7.98. The van der Waals surface area contributed by atoms with Crippen molar-refractivity contribution in [3.8, 4) is 0 Å². The van der Waals surface area contributed by atoms with Crippen LogP contribution in [0.1, 0.15) is 13.3 Å². The highest BCUT2D eigenvalue weighted by Gasteiger charge is 2.07. The van der Waals surface area contributed by atoms with Gasteiger partial charge in [0.15, 0.2) is 9.84 Å². The molecule has 0 atom stereocenters. The smallest absolute Gasteiger partial charge is 0.151 e. The van der Waals surface area contributed by atoms with Gasteiger partial charge in [-0.2, -0.15) is 11.8 Å². The number of hydrogen-bond donors (Lipinski definition) is 1. The summed E-state index contributed by atoms with van der Waals surface area (Å²) in [4.78, 5) is 0. The molecule has 0 aromatic rings. The van der Waals surface area contributed by atoms with Crippen molar-refractivity contribution in [3.05, 3.63) is 0 Å². The third kappa shape index (κ3) is 8.59. The monoisotopic (exact) mass is 225 g/mol. The molecule has 0 saturated carbocycles. The SMILES string of the molecule is CCCS(=O)(=O)CCNCCSC. The molecule has 0 amide bonds. The number of hydrogen-bond acceptors (Lipinski definition) is 4. The van der Waals surface area contributed by atoms with Crippen molar-refractivity contribution >= 4 is 21.6 Å². The Balaban J connectivity index is 3.41. The first-order chi connectivity index (χ1) is 6.12. The first-order valence-electron chi connectivity index (χ1n) is 4.52. The topological polar surface area (TPSA) is 46.2 Å². The van der Waals surface area contributed by atoms with Crippen LogP contribution in [0.25, 0.3) is 0 Å². The van der Waals surface area contributed by atoms with Crippen LogP contribution in [0.4, 0.5) is 0 Å². The van der Waals surface area contributed by atoms with Crippen LogP contribution in [-0.2, 0) is 9.84 Å². The zero-order valence-corrected chi connectivity index (χ0v) is 10.0. The van der Waals surface area contributed by atoms with E-state index in [1.54, 1.807) is 11.8 Å². The number of rotatable bonds is 8. The molecule has 0 heterocycles. The third-order valence-electron chi connectivity index (χ3n) is 1.59. The van der Waals surface area contributed by atoms with Crippen LogP contribution in [0, 0.1) is 0 Å². The lowest BCUT2D eigenvalue weighted by molar-refractivity contribution is 0.591. The summed E-state index contributed by atoms with van der Waals surface area (Å²) < 4.78 is 22.4. The van der Waals surface area contributed by atoms with Crippen molar-refractivity contribution in [2.24, 2.45) is 0 Å². The van der Waals surface area contributed by atoms with Crippen molar-refractivity contribution in [2.45, 2.75) is 13.3 Å². The Bertz CT molecular complexity index is 202. The first kappa shape index (κ1) is 13.3. The molecule has 0 spiro atoms. The molecule has 13 heavy (non-hydrogen) atoms. The molecular weight excluding hydrogens is 206 g/mol. The lowest BCUT2D eigenvalue weighted by Crippen LogP contribution is -2.26. The average Bonchev–Trinajstić information content (AvgIpc) is 2.04. The number of sulfone groups is 1. The Hall–Kier alpha value is 0.260. The number of thioether (sulfide) groups is 1. The van der Waals surface area contributed by atoms with Gasteiger partial charge >= 0.3 is 0 Å². The Morgan fingerprint density at radius 1 is 1.23 bits per heavy atom. The molecule has 0 aliphatic heterocycles. The van der Waals surface area contributed by atoms with Crippen LogP contribution in [0.5, 0.6) is 0 Å². The predicted molar refractivity (Wildman–Crippen MR) is 60.2 cm³/mol. The maximum atomic E-state index is 11.2. The Morgan fingerprint density at radius 2 is 1.92 bits per heavy atom. The highest BCUT2D eigenvalue weighted by Crippen LogP contribution is 1.92. The molecule has 0 aliphatic carbocycles. The van der Waals surface area contributed by atoms with Crippen LogP contribution in [0.15, 0.2) is 0 Å². The van der Waals surface area contributed by atoms with E-state index in [-0.39, 0.29) is 5.75 Å². The van der Waals surface area contributed by atoms with Crippen molar-refractivity contribution in [1.82, 2.24) is 5.32 Å². The van der Waals surface area contributed by atoms with Crippen LogP contribution in [0.2, 0.25) is 0 Å². The lowest BCUT2D eigenvalue weighted by Gasteiger charge is -2.03. The van der Waals surface area contributed by atoms with Gasteiger partial charge in [-0.15, -0.1) is 0 Å². The van der Waals surface area contributed by atoms with E-state index in [9.17, 15) is 8.42 Å². The summed E-state index contributed by atoms with van der Waals surface area (Å²) in [6.45, 7) is 3.37. The molecule has 0 aromatic heterocycles. The van der Waals surface area contributed by atoms with Gasteiger partial charge in [-0.05, 0) is 12.7 Å². The molecule has 0 rings (SSSR count). The Morgan fingerprint density at radius 3 is 2.46 bits per heavy atom. The van der Waals surface area contributed by atoms with Crippen molar-refractivity contribution < 1.29 is 8.42 Å². The molecule has 0 unspecified atom stereocenters. The summed E-state index contributed by atoms with van der Waals surface area (Å²) in [6.07, 6.45) is 2.75. The summed E-state index contributed by atoms with van der Waals surface area (Å²) in [5.41, 5.74) is 0. The lowest BCUT2D eigenvalue weighted by atomic mass is 10.6. The van der Waals surface area contributed by atoms with E-state index in [1.807, 2.05) is 13.2 Å². The summed E-state index contributed by atoms with van der Waals surface area (Å²) >= 11 is 1.76. The van der Waals surface area contributed by atoms with Gasteiger partial charge in [-0.1, -0.05) is 6.92 Å². The fraction of sp³-hybridized carbons (Fsp3) is 1.00. The maximum absolute atomic E-state index is 11.2. The van der Waals surface area contributed by atoms with E-state index < -0.39 is 9.84 Å². The predicted octanol–water partition coefficient (Wildman–Crippen LogP) is 0.764. The minimum Gasteiger partial charge on any atom is -0.315 e. The second-order valence-corrected chi connectivity index (χ2v) is 6.18. The van der Waals surface area contributed by atoms with E-state index >= 15 is 0 Å². The molecule has 0 aromatic carbocycles. The summed E-state index contributed by atoms with van der Waals surface area (Å²) in [6, 6.07) is 0. The molecular formula is C8H19NO2S2. The minimum absolute atomic E-state index is 0.273. The van der Waals surface area contributed by atoms with Crippen LogP contribution in [-0.4, -0.2) is 45.0 Å². The average molecular weight is 225 g/mol. The Kier molecular flexibility index (Phi) is 7.80. The zero-order valence-electron chi connectivity index (χ0n) is 8.38. The van der Waals surface area contributed by atoms with E-state index in [0.29, 0.717) is 18.7 Å². The zero-order chi connectivity index (χ0) is 10.2. The van der Waals surface area contributed by atoms with E-state index in [0.717, 1.165) is 12.3 Å². The van der Waals surface area contributed by atoms with Gasteiger partial charge in [0.2, 0.25) is 0 Å². The molecule has 1 N–H and O–H groups in total. The van der Waals surface area contributed by atoms with Gasteiger partial charge in [-0.3, -0.25) is 0 Å². The van der Waals surface area contributed by atoms with E-state index in [4.69, 9.17) is 0 Å². The fourth-order valence-corrected chi connectivity index (χ4v) is 2.57. The molecule has 0 radical (unpaired) electrons. The van der Waals surface area contributed by atoms with E-state index in [2.05, 4.69) is 5.32 Å². The third-order valence-corrected chi connectivity index (χ3v) is 4.06. The van der Waals surface area contributed by atoms with Gasteiger partial charge in [-0.25, -0.2) is 8.42 Å². The first-order valence-corrected chi connectivity index (χ1v) is 7.74. The molecule has 5 heteroatoms. The molecule has 0 bridgehead atoms. The quantitative estimate of drug-likeness (QED) is 0.620. The summed E-state index contributed by atoms with van der Waals surface area (Å²) in [7, 11) is -2.79. The van der Waals surface area contributed by atoms with Crippen LogP contribution >= 0.6 is 11.8 Å². The van der Waals surface area contributed by atoms with Gasteiger partial charge in [0, 0.05) is 24.6 Å². The number of nitrogens with one attached hydrogen (secondary N) is 1. The largest absolute Gasteiger partial charge is 0.315 e. The second-order valence-electron chi connectivity index (χ2n) is 2.89. The Labute approximate surface area is 85.6 Å². The van der Waals surface area contributed by atoms with Gasteiger partial charge in [0.1, 0.15) is 0 Å². The summed E-state index contributed by atoms with van der Waals surface area (Å²) in [5, 5.41) is 3.10. The van der Waals surface area contributed by atoms with Gasteiger partial charge in [0.25, 0.3) is 0 Å². The molecule has 0 fully saturated rings.